The molecule has 0 spiro atoms. The van der Waals surface area contributed by atoms with Gasteiger partial charge in [0.15, 0.2) is 0 Å². The molecule has 3 rings (SSSR count). The van der Waals surface area contributed by atoms with E-state index >= 15 is 0 Å². The minimum Gasteiger partial charge on any atom is -0.324 e. The molecule has 0 bridgehead atoms. The van der Waals surface area contributed by atoms with Crippen molar-refractivity contribution in [2.24, 2.45) is 5.92 Å². The van der Waals surface area contributed by atoms with Crippen molar-refractivity contribution < 1.29 is 0 Å². The molecule has 1 heterocycles. The van der Waals surface area contributed by atoms with Crippen LogP contribution >= 0.6 is 11.6 Å². The van der Waals surface area contributed by atoms with E-state index in [-0.39, 0.29) is 0 Å². The van der Waals surface area contributed by atoms with Crippen LogP contribution < -0.4 is 0 Å². The zero-order chi connectivity index (χ0) is 14.1. The van der Waals surface area contributed by atoms with Gasteiger partial charge in [-0.25, -0.2) is 4.98 Å². The molecule has 20 heavy (non-hydrogen) atoms. The van der Waals surface area contributed by atoms with Gasteiger partial charge in [-0.05, 0) is 49.8 Å². The van der Waals surface area contributed by atoms with Crippen LogP contribution in [0.15, 0.2) is 18.2 Å². The first-order valence-corrected chi connectivity index (χ1v) is 8.26. The quantitative estimate of drug-likeness (QED) is 0.547. The summed E-state index contributed by atoms with van der Waals surface area (Å²) in [5, 5.41) is 0. The van der Waals surface area contributed by atoms with Gasteiger partial charge >= 0.3 is 0 Å². The van der Waals surface area contributed by atoms with Gasteiger partial charge in [0.2, 0.25) is 0 Å². The molecule has 2 aromatic rings. The SMILES string of the molecule is Cc1ccc2nc(CCl)n(C3CCCC(C)CC3)c2c1. The first kappa shape index (κ1) is 13.9. The summed E-state index contributed by atoms with van der Waals surface area (Å²) < 4.78 is 2.42. The third kappa shape index (κ3) is 2.58. The number of halogens is 1. The lowest BCUT2D eigenvalue weighted by atomic mass is 10.0. The van der Waals surface area contributed by atoms with E-state index in [1.54, 1.807) is 0 Å². The van der Waals surface area contributed by atoms with Crippen LogP contribution in [0.3, 0.4) is 0 Å². The Labute approximate surface area is 126 Å². The molecule has 2 atom stereocenters. The number of fused-ring (bicyclic) bond motifs is 1. The Bertz CT molecular complexity index is 602. The monoisotopic (exact) mass is 290 g/mol. The van der Waals surface area contributed by atoms with Crippen molar-refractivity contribution in [1.82, 2.24) is 9.55 Å². The van der Waals surface area contributed by atoms with Crippen molar-refractivity contribution in [3.63, 3.8) is 0 Å². The number of aryl methyl sites for hydroxylation is 1. The normalized spacial score (nSPS) is 23.9. The molecule has 1 fully saturated rings. The molecule has 0 saturated heterocycles. The van der Waals surface area contributed by atoms with Crippen LogP contribution in [0.5, 0.6) is 0 Å². The van der Waals surface area contributed by atoms with E-state index in [1.807, 2.05) is 0 Å². The molecule has 2 unspecified atom stereocenters. The fraction of sp³-hybridized carbons (Fsp3) is 0.588. The third-order valence-corrected chi connectivity index (χ3v) is 4.87. The first-order chi connectivity index (χ1) is 9.69. The van der Waals surface area contributed by atoms with Crippen molar-refractivity contribution in [3.05, 3.63) is 29.6 Å². The number of imidazole rings is 1. The van der Waals surface area contributed by atoms with Crippen molar-refractivity contribution >= 4 is 22.6 Å². The van der Waals surface area contributed by atoms with Crippen molar-refractivity contribution in [3.8, 4) is 0 Å². The average molecular weight is 291 g/mol. The molecule has 2 nitrogen and oxygen atoms in total. The molecule has 0 N–H and O–H groups in total. The second kappa shape index (κ2) is 5.77. The molecule has 1 aromatic carbocycles. The summed E-state index contributed by atoms with van der Waals surface area (Å²) in [7, 11) is 0. The van der Waals surface area contributed by atoms with E-state index in [0.717, 1.165) is 17.3 Å². The maximum absolute atomic E-state index is 6.15. The van der Waals surface area contributed by atoms with Gasteiger partial charge in [-0.1, -0.05) is 25.8 Å². The molecule has 1 aromatic heterocycles. The molecule has 0 radical (unpaired) electrons. The standard InChI is InChI=1S/C17H23ClN2/c1-12-4-3-5-14(8-6-12)20-16-10-13(2)7-9-15(16)19-17(20)11-18/h7,9-10,12,14H,3-6,8,11H2,1-2H3. The number of alkyl halides is 1. The first-order valence-electron chi connectivity index (χ1n) is 7.72. The van der Waals surface area contributed by atoms with E-state index in [9.17, 15) is 0 Å². The van der Waals surface area contributed by atoms with E-state index in [0.29, 0.717) is 11.9 Å². The molecule has 1 aliphatic rings. The molecule has 3 heteroatoms. The highest BCUT2D eigenvalue weighted by molar-refractivity contribution is 6.16. The number of rotatable bonds is 2. The smallest absolute Gasteiger partial charge is 0.125 e. The second-order valence-corrected chi connectivity index (χ2v) is 6.56. The lowest BCUT2D eigenvalue weighted by molar-refractivity contribution is 0.433. The maximum Gasteiger partial charge on any atom is 0.125 e. The van der Waals surface area contributed by atoms with Gasteiger partial charge in [-0.2, -0.15) is 0 Å². The molecule has 1 saturated carbocycles. The van der Waals surface area contributed by atoms with E-state index in [4.69, 9.17) is 16.6 Å². The molecule has 108 valence electrons. The number of benzene rings is 1. The summed E-state index contributed by atoms with van der Waals surface area (Å²) in [6, 6.07) is 7.08. The highest BCUT2D eigenvalue weighted by Gasteiger charge is 2.22. The predicted molar refractivity (Wildman–Crippen MR) is 85.3 cm³/mol. The Morgan fingerprint density at radius 2 is 2.10 bits per heavy atom. The van der Waals surface area contributed by atoms with E-state index in [1.165, 1.54) is 43.2 Å². The highest BCUT2D eigenvalue weighted by Crippen LogP contribution is 2.34. The van der Waals surface area contributed by atoms with Crippen molar-refractivity contribution in [1.29, 1.82) is 0 Å². The summed E-state index contributed by atoms with van der Waals surface area (Å²) in [5.41, 5.74) is 3.64. The Morgan fingerprint density at radius 1 is 1.25 bits per heavy atom. The number of hydrogen-bond acceptors (Lipinski definition) is 1. The molecule has 0 amide bonds. The molecule has 1 aliphatic carbocycles. The maximum atomic E-state index is 6.15. The van der Waals surface area contributed by atoms with Crippen LogP contribution in [0.2, 0.25) is 0 Å². The predicted octanol–water partition coefficient (Wildman–Crippen LogP) is 5.22. The summed E-state index contributed by atoms with van der Waals surface area (Å²) in [5.74, 6) is 2.39. The Hall–Kier alpha value is -1.02. The van der Waals surface area contributed by atoms with Gasteiger partial charge in [-0.15, -0.1) is 11.6 Å². The van der Waals surface area contributed by atoms with Gasteiger partial charge < -0.3 is 4.57 Å². The Morgan fingerprint density at radius 3 is 2.90 bits per heavy atom. The van der Waals surface area contributed by atoms with Crippen LogP contribution in [0.1, 0.15) is 56.5 Å². The van der Waals surface area contributed by atoms with Gasteiger partial charge in [-0.3, -0.25) is 0 Å². The fourth-order valence-corrected chi connectivity index (χ4v) is 3.67. The second-order valence-electron chi connectivity index (χ2n) is 6.29. The van der Waals surface area contributed by atoms with Crippen LogP contribution in [0.4, 0.5) is 0 Å². The fourth-order valence-electron chi connectivity index (χ4n) is 3.48. The van der Waals surface area contributed by atoms with Crippen LogP contribution in [0, 0.1) is 12.8 Å². The number of nitrogens with zero attached hydrogens (tertiary/aromatic N) is 2. The lowest BCUT2D eigenvalue weighted by Crippen LogP contribution is -2.11. The summed E-state index contributed by atoms with van der Waals surface area (Å²) >= 11 is 6.15. The minimum atomic E-state index is 0.500. The highest BCUT2D eigenvalue weighted by atomic mass is 35.5. The van der Waals surface area contributed by atoms with E-state index in [2.05, 4.69) is 36.6 Å². The third-order valence-electron chi connectivity index (χ3n) is 4.63. The zero-order valence-electron chi connectivity index (χ0n) is 12.4. The van der Waals surface area contributed by atoms with E-state index < -0.39 is 0 Å². The topological polar surface area (TPSA) is 17.8 Å². The zero-order valence-corrected chi connectivity index (χ0v) is 13.2. The Balaban J connectivity index is 2.06. The minimum absolute atomic E-state index is 0.500. The number of aromatic nitrogens is 2. The molecular weight excluding hydrogens is 268 g/mol. The molecular formula is C17H23ClN2. The van der Waals surface area contributed by atoms with Gasteiger partial charge in [0.05, 0.1) is 16.9 Å². The number of hydrogen-bond donors (Lipinski definition) is 0. The summed E-state index contributed by atoms with van der Waals surface area (Å²) in [4.78, 5) is 4.73. The largest absolute Gasteiger partial charge is 0.324 e. The van der Waals surface area contributed by atoms with Crippen LogP contribution in [-0.4, -0.2) is 9.55 Å². The van der Waals surface area contributed by atoms with Gasteiger partial charge in [0.25, 0.3) is 0 Å². The summed E-state index contributed by atoms with van der Waals surface area (Å²) in [6.07, 6.45) is 6.51. The Kier molecular flexibility index (Phi) is 4.02. The summed E-state index contributed by atoms with van der Waals surface area (Å²) in [6.45, 7) is 4.52. The average Bonchev–Trinajstić information content (AvgIpc) is 2.66. The molecule has 0 aliphatic heterocycles. The van der Waals surface area contributed by atoms with Crippen LogP contribution in [0.25, 0.3) is 11.0 Å². The van der Waals surface area contributed by atoms with Gasteiger partial charge in [0, 0.05) is 6.04 Å². The van der Waals surface area contributed by atoms with Gasteiger partial charge in [0.1, 0.15) is 5.82 Å². The lowest BCUT2D eigenvalue weighted by Gasteiger charge is -2.19. The van der Waals surface area contributed by atoms with Crippen molar-refractivity contribution in [2.45, 2.75) is 57.9 Å². The van der Waals surface area contributed by atoms with Crippen molar-refractivity contribution in [2.75, 3.05) is 0 Å². The van der Waals surface area contributed by atoms with Crippen LogP contribution in [-0.2, 0) is 5.88 Å².